The Balaban J connectivity index is 2.18. The molecule has 1 aromatic carbocycles. The van der Waals surface area contributed by atoms with E-state index < -0.39 is 17.5 Å². The lowest BCUT2D eigenvalue weighted by atomic mass is 10.2. The van der Waals surface area contributed by atoms with Crippen molar-refractivity contribution in [2.45, 2.75) is 13.3 Å². The van der Waals surface area contributed by atoms with Crippen molar-refractivity contribution in [1.82, 2.24) is 19.8 Å². The summed E-state index contributed by atoms with van der Waals surface area (Å²) in [7, 11) is 0. The summed E-state index contributed by atoms with van der Waals surface area (Å²) >= 11 is 5.87. The molecule has 3 aromatic rings. The summed E-state index contributed by atoms with van der Waals surface area (Å²) in [5.41, 5.74) is 0.323. The minimum atomic E-state index is -4.81. The van der Waals surface area contributed by atoms with Gasteiger partial charge in [0, 0.05) is 5.56 Å². The van der Waals surface area contributed by atoms with Gasteiger partial charge in [0.1, 0.15) is 5.75 Å². The minimum absolute atomic E-state index is 0.176. The molecule has 10 heteroatoms. The number of rotatable bonds is 3. The number of nitrogens with zero attached hydrogens (tertiary/aromatic N) is 3. The predicted octanol–water partition coefficient (Wildman–Crippen LogP) is 3.67. The number of allylic oxidation sites excluding steroid dienone is 1. The van der Waals surface area contributed by atoms with E-state index in [2.05, 4.69) is 20.0 Å². The molecule has 25 heavy (non-hydrogen) atoms. The minimum Gasteiger partial charge on any atom is -0.406 e. The zero-order valence-electron chi connectivity index (χ0n) is 12.6. The van der Waals surface area contributed by atoms with Crippen LogP contribution in [0.4, 0.5) is 13.2 Å². The van der Waals surface area contributed by atoms with Crippen LogP contribution in [0.2, 0.25) is 5.15 Å². The third-order valence-corrected chi connectivity index (χ3v) is 3.46. The first kappa shape index (κ1) is 17.0. The molecule has 6 nitrogen and oxygen atoms in total. The van der Waals surface area contributed by atoms with Gasteiger partial charge in [0.15, 0.2) is 16.6 Å². The molecular formula is C15H10ClF3N4O2. The fourth-order valence-corrected chi connectivity index (χ4v) is 2.45. The Hall–Kier alpha value is -2.81. The highest BCUT2D eigenvalue weighted by molar-refractivity contribution is 6.29. The van der Waals surface area contributed by atoms with Gasteiger partial charge in [-0.15, -0.1) is 18.3 Å². The first-order chi connectivity index (χ1) is 11.8. The molecule has 0 saturated heterocycles. The maximum atomic E-state index is 12.4. The number of ether oxygens (including phenoxy) is 1. The summed E-state index contributed by atoms with van der Waals surface area (Å²) in [5.74, 6) is -0.225. The molecule has 2 aromatic heterocycles. The van der Waals surface area contributed by atoms with Gasteiger partial charge in [-0.3, -0.25) is 9.89 Å². The first-order valence-corrected chi connectivity index (χ1v) is 7.34. The number of hydrogen-bond acceptors (Lipinski definition) is 4. The van der Waals surface area contributed by atoms with Crippen molar-refractivity contribution in [3.8, 4) is 17.1 Å². The van der Waals surface area contributed by atoms with Crippen molar-refractivity contribution in [2.75, 3.05) is 0 Å². The van der Waals surface area contributed by atoms with Gasteiger partial charge in [-0.2, -0.15) is 9.61 Å². The van der Waals surface area contributed by atoms with Crippen molar-refractivity contribution in [1.29, 1.82) is 0 Å². The lowest BCUT2D eigenvalue weighted by Crippen LogP contribution is -2.17. The SMILES string of the molecule is C/C=C/c1c(=O)c(Cl)nn2c(-c3cccc(OC(F)(F)F)c3)n[nH]c12. The molecule has 1 N–H and O–H groups in total. The van der Waals surface area contributed by atoms with E-state index in [4.69, 9.17) is 11.6 Å². The standard InChI is InChI=1S/C15H10ClF3N4O2/c1-2-4-10-11(24)12(16)22-23-13(20-21-14(10)23)8-5-3-6-9(7-8)25-15(17,18)19/h2-7,21H,1H3/b4-2+. The lowest BCUT2D eigenvalue weighted by molar-refractivity contribution is -0.274. The van der Waals surface area contributed by atoms with Crippen molar-refractivity contribution in [2.24, 2.45) is 0 Å². The van der Waals surface area contributed by atoms with Crippen LogP contribution in [0.1, 0.15) is 12.5 Å². The van der Waals surface area contributed by atoms with E-state index in [1.54, 1.807) is 13.0 Å². The smallest absolute Gasteiger partial charge is 0.406 e. The fraction of sp³-hybridized carbons (Fsp3) is 0.133. The summed E-state index contributed by atoms with van der Waals surface area (Å²) in [6.07, 6.45) is -1.63. The van der Waals surface area contributed by atoms with E-state index in [0.717, 1.165) is 12.1 Å². The topological polar surface area (TPSA) is 72.3 Å². The van der Waals surface area contributed by atoms with E-state index in [-0.39, 0.29) is 22.2 Å². The summed E-state index contributed by atoms with van der Waals surface area (Å²) in [4.78, 5) is 12.1. The van der Waals surface area contributed by atoms with Gasteiger partial charge < -0.3 is 4.74 Å². The monoisotopic (exact) mass is 370 g/mol. The van der Waals surface area contributed by atoms with Crippen molar-refractivity contribution < 1.29 is 17.9 Å². The molecule has 0 unspecified atom stereocenters. The molecular weight excluding hydrogens is 361 g/mol. The number of alkyl halides is 3. The number of aromatic nitrogens is 4. The van der Waals surface area contributed by atoms with Crippen LogP contribution in [0.5, 0.6) is 5.75 Å². The zero-order chi connectivity index (χ0) is 18.2. The molecule has 0 amide bonds. The molecule has 3 rings (SSSR count). The zero-order valence-corrected chi connectivity index (χ0v) is 13.4. The Morgan fingerprint density at radius 1 is 1.36 bits per heavy atom. The second-order valence-corrected chi connectivity index (χ2v) is 5.27. The van der Waals surface area contributed by atoms with Crippen LogP contribution >= 0.6 is 11.6 Å². The van der Waals surface area contributed by atoms with Crippen LogP contribution in [0, 0.1) is 0 Å². The molecule has 0 spiro atoms. The number of hydrogen-bond donors (Lipinski definition) is 1. The fourth-order valence-electron chi connectivity index (χ4n) is 2.27. The van der Waals surface area contributed by atoms with Crippen LogP contribution in [-0.4, -0.2) is 26.2 Å². The lowest BCUT2D eigenvalue weighted by Gasteiger charge is -2.09. The number of aromatic amines is 1. The van der Waals surface area contributed by atoms with Crippen LogP contribution in [0.25, 0.3) is 23.1 Å². The van der Waals surface area contributed by atoms with Gasteiger partial charge >= 0.3 is 6.36 Å². The van der Waals surface area contributed by atoms with Gasteiger partial charge in [0.05, 0.1) is 5.56 Å². The van der Waals surface area contributed by atoms with Gasteiger partial charge in [0.2, 0.25) is 5.43 Å². The third kappa shape index (κ3) is 3.36. The number of H-pyrrole nitrogens is 1. The molecule has 0 radical (unpaired) electrons. The maximum absolute atomic E-state index is 12.4. The van der Waals surface area contributed by atoms with E-state index >= 15 is 0 Å². The number of fused-ring (bicyclic) bond motifs is 1. The van der Waals surface area contributed by atoms with E-state index in [0.29, 0.717) is 5.56 Å². The first-order valence-electron chi connectivity index (χ1n) is 6.96. The Kier molecular flexibility index (Phi) is 4.25. The molecule has 0 saturated carbocycles. The number of halogens is 4. The average Bonchev–Trinajstić information content (AvgIpc) is 2.94. The summed E-state index contributed by atoms with van der Waals surface area (Å²) in [6.45, 7) is 1.72. The molecule has 0 bridgehead atoms. The van der Waals surface area contributed by atoms with Crippen LogP contribution in [-0.2, 0) is 0 Å². The molecule has 130 valence electrons. The van der Waals surface area contributed by atoms with Crippen molar-refractivity contribution >= 4 is 23.3 Å². The van der Waals surface area contributed by atoms with Crippen LogP contribution < -0.4 is 10.2 Å². The quantitative estimate of drug-likeness (QED) is 0.763. The molecule has 0 aliphatic heterocycles. The van der Waals surface area contributed by atoms with E-state index in [1.165, 1.54) is 22.7 Å². The highest BCUT2D eigenvalue weighted by Crippen LogP contribution is 2.27. The Morgan fingerprint density at radius 3 is 2.80 bits per heavy atom. The Bertz CT molecular complexity index is 1020. The van der Waals surface area contributed by atoms with Gasteiger partial charge in [-0.25, -0.2) is 0 Å². The van der Waals surface area contributed by atoms with E-state index in [1.807, 2.05) is 0 Å². The van der Waals surface area contributed by atoms with Crippen molar-refractivity contribution in [3.05, 3.63) is 51.3 Å². The molecule has 0 atom stereocenters. The normalized spacial score (nSPS) is 12.2. The molecule has 0 aliphatic rings. The largest absolute Gasteiger partial charge is 0.573 e. The van der Waals surface area contributed by atoms with Crippen LogP contribution in [0.15, 0.2) is 35.1 Å². The average molecular weight is 371 g/mol. The van der Waals surface area contributed by atoms with Gasteiger partial charge in [-0.1, -0.05) is 35.9 Å². The van der Waals surface area contributed by atoms with Gasteiger partial charge in [-0.05, 0) is 19.1 Å². The van der Waals surface area contributed by atoms with E-state index in [9.17, 15) is 18.0 Å². The second kappa shape index (κ2) is 6.25. The molecule has 0 aliphatic carbocycles. The van der Waals surface area contributed by atoms with Crippen molar-refractivity contribution in [3.63, 3.8) is 0 Å². The maximum Gasteiger partial charge on any atom is 0.573 e. The molecule has 0 fully saturated rings. The second-order valence-electron chi connectivity index (χ2n) is 4.92. The molecule has 2 heterocycles. The highest BCUT2D eigenvalue weighted by atomic mass is 35.5. The summed E-state index contributed by atoms with van der Waals surface area (Å²) < 4.78 is 42.3. The number of nitrogens with one attached hydrogen (secondary N) is 1. The van der Waals surface area contributed by atoms with Gasteiger partial charge in [0.25, 0.3) is 0 Å². The van der Waals surface area contributed by atoms with Crippen LogP contribution in [0.3, 0.4) is 0 Å². The Labute approximate surface area is 143 Å². The third-order valence-electron chi connectivity index (χ3n) is 3.21. The summed E-state index contributed by atoms with van der Waals surface area (Å²) in [6, 6.07) is 5.24. The number of benzene rings is 1. The summed E-state index contributed by atoms with van der Waals surface area (Å²) in [5, 5.41) is 10.3. The highest BCUT2D eigenvalue weighted by Gasteiger charge is 2.31. The Morgan fingerprint density at radius 2 is 2.12 bits per heavy atom. The predicted molar refractivity (Wildman–Crippen MR) is 85.4 cm³/mol.